The van der Waals surface area contributed by atoms with Crippen molar-refractivity contribution < 1.29 is 9.47 Å². The fourth-order valence-corrected chi connectivity index (χ4v) is 2.25. The maximum absolute atomic E-state index is 5.52. The van der Waals surface area contributed by atoms with Gasteiger partial charge in [0.1, 0.15) is 0 Å². The standard InChI is InChI=1S/C13H20INO2/c1-3-16-13(17-4-2)11-15(14)10-12-8-6-5-7-9-12/h5-9,13H,3-4,10-11H2,1-2H3. The molecule has 0 aliphatic rings. The maximum Gasteiger partial charge on any atom is 0.170 e. The lowest BCUT2D eigenvalue weighted by molar-refractivity contribution is -0.138. The zero-order valence-corrected chi connectivity index (χ0v) is 12.6. The van der Waals surface area contributed by atoms with Gasteiger partial charge in [-0.05, 0) is 19.4 Å². The van der Waals surface area contributed by atoms with Crippen LogP contribution in [0.15, 0.2) is 30.3 Å². The maximum atomic E-state index is 5.52. The lowest BCUT2D eigenvalue weighted by Gasteiger charge is -2.22. The molecular formula is C13H20INO2. The van der Waals surface area contributed by atoms with Crippen LogP contribution in [0.5, 0.6) is 0 Å². The number of hydrogen-bond acceptors (Lipinski definition) is 3. The summed E-state index contributed by atoms with van der Waals surface area (Å²) in [6.45, 7) is 7.01. The van der Waals surface area contributed by atoms with E-state index < -0.39 is 0 Å². The largest absolute Gasteiger partial charge is 0.352 e. The minimum atomic E-state index is -0.134. The van der Waals surface area contributed by atoms with Crippen LogP contribution < -0.4 is 0 Å². The van der Waals surface area contributed by atoms with Crippen molar-refractivity contribution in [1.82, 2.24) is 3.11 Å². The summed E-state index contributed by atoms with van der Waals surface area (Å²) in [5.41, 5.74) is 1.30. The van der Waals surface area contributed by atoms with E-state index >= 15 is 0 Å². The van der Waals surface area contributed by atoms with Crippen LogP contribution in [0.2, 0.25) is 0 Å². The van der Waals surface area contributed by atoms with Crippen molar-refractivity contribution in [2.75, 3.05) is 19.8 Å². The third kappa shape index (κ3) is 6.35. The number of halogens is 1. The third-order valence-electron chi connectivity index (χ3n) is 2.25. The first-order valence-corrected chi connectivity index (χ1v) is 6.90. The second-order valence-electron chi connectivity index (χ2n) is 3.63. The Morgan fingerprint density at radius 2 is 1.71 bits per heavy atom. The van der Waals surface area contributed by atoms with Crippen molar-refractivity contribution in [2.24, 2.45) is 0 Å². The number of benzene rings is 1. The zero-order valence-electron chi connectivity index (χ0n) is 10.4. The molecule has 0 unspecified atom stereocenters. The molecule has 0 aliphatic carbocycles. The molecule has 0 aromatic heterocycles. The summed E-state index contributed by atoms with van der Waals surface area (Å²) >= 11 is 2.31. The molecule has 4 heteroatoms. The summed E-state index contributed by atoms with van der Waals surface area (Å²) in [5, 5.41) is 0. The fraction of sp³-hybridized carbons (Fsp3) is 0.538. The molecule has 0 amide bonds. The van der Waals surface area contributed by atoms with E-state index in [4.69, 9.17) is 9.47 Å². The lowest BCUT2D eigenvalue weighted by atomic mass is 10.2. The molecule has 96 valence electrons. The van der Waals surface area contributed by atoms with Gasteiger partial charge in [0.15, 0.2) is 6.29 Å². The van der Waals surface area contributed by atoms with E-state index in [2.05, 4.69) is 50.2 Å². The average Bonchev–Trinajstić information content (AvgIpc) is 2.30. The minimum Gasteiger partial charge on any atom is -0.352 e. The highest BCUT2D eigenvalue weighted by atomic mass is 127. The first-order valence-electron chi connectivity index (χ1n) is 5.94. The molecule has 0 spiro atoms. The highest BCUT2D eigenvalue weighted by molar-refractivity contribution is 14.1. The molecule has 0 fully saturated rings. The van der Waals surface area contributed by atoms with Crippen molar-refractivity contribution in [1.29, 1.82) is 0 Å². The van der Waals surface area contributed by atoms with E-state index in [1.54, 1.807) is 0 Å². The third-order valence-corrected chi connectivity index (χ3v) is 2.98. The van der Waals surface area contributed by atoms with Crippen LogP contribution in [0.3, 0.4) is 0 Å². The summed E-state index contributed by atoms with van der Waals surface area (Å²) in [7, 11) is 0. The second kappa shape index (κ2) is 8.85. The monoisotopic (exact) mass is 349 g/mol. The Kier molecular flexibility index (Phi) is 7.75. The molecule has 1 rings (SSSR count). The smallest absolute Gasteiger partial charge is 0.170 e. The molecule has 0 saturated heterocycles. The van der Waals surface area contributed by atoms with Crippen molar-refractivity contribution in [3.63, 3.8) is 0 Å². The van der Waals surface area contributed by atoms with E-state index in [0.717, 1.165) is 13.1 Å². The van der Waals surface area contributed by atoms with Crippen LogP contribution in [-0.4, -0.2) is 29.2 Å². The summed E-state index contributed by atoms with van der Waals surface area (Å²) in [6.07, 6.45) is -0.134. The van der Waals surface area contributed by atoms with Gasteiger partial charge in [0.05, 0.1) is 6.54 Å². The molecule has 0 heterocycles. The van der Waals surface area contributed by atoms with E-state index in [9.17, 15) is 0 Å². The van der Waals surface area contributed by atoms with Gasteiger partial charge in [0, 0.05) is 42.6 Å². The van der Waals surface area contributed by atoms with E-state index in [0.29, 0.717) is 13.2 Å². The molecule has 1 aromatic rings. The molecule has 17 heavy (non-hydrogen) atoms. The molecule has 0 bridgehead atoms. The fourth-order valence-electron chi connectivity index (χ4n) is 1.53. The molecule has 0 N–H and O–H groups in total. The first-order chi connectivity index (χ1) is 8.26. The topological polar surface area (TPSA) is 21.7 Å². The molecule has 0 saturated carbocycles. The highest BCUT2D eigenvalue weighted by Gasteiger charge is 2.12. The SMILES string of the molecule is CCOC(CN(I)Cc1ccccc1)OCC. The summed E-state index contributed by atoms with van der Waals surface area (Å²) in [6, 6.07) is 10.4. The number of hydrogen-bond donors (Lipinski definition) is 0. The number of rotatable bonds is 8. The predicted molar refractivity (Wildman–Crippen MR) is 77.9 cm³/mol. The van der Waals surface area contributed by atoms with Gasteiger partial charge in [-0.2, -0.15) is 0 Å². The van der Waals surface area contributed by atoms with Crippen LogP contribution in [-0.2, 0) is 16.0 Å². The van der Waals surface area contributed by atoms with Gasteiger partial charge in [-0.15, -0.1) is 0 Å². The lowest BCUT2D eigenvalue weighted by Crippen LogP contribution is -2.29. The normalized spacial score (nSPS) is 11.4. The first kappa shape index (κ1) is 14.9. The van der Waals surface area contributed by atoms with Crippen LogP contribution >= 0.6 is 22.9 Å². The van der Waals surface area contributed by atoms with Gasteiger partial charge in [-0.25, -0.2) is 3.11 Å². The van der Waals surface area contributed by atoms with Crippen molar-refractivity contribution in [3.05, 3.63) is 35.9 Å². The Bertz CT molecular complexity index is 289. The van der Waals surface area contributed by atoms with Gasteiger partial charge < -0.3 is 9.47 Å². The molecule has 1 aromatic carbocycles. The highest BCUT2D eigenvalue weighted by Crippen LogP contribution is 2.11. The zero-order chi connectivity index (χ0) is 12.5. The Hall–Kier alpha value is -0.170. The van der Waals surface area contributed by atoms with Gasteiger partial charge in [-0.1, -0.05) is 30.3 Å². The Balaban J connectivity index is 2.38. The quantitative estimate of drug-likeness (QED) is 0.409. The molecule has 0 aliphatic heterocycles. The molecular weight excluding hydrogens is 329 g/mol. The Labute approximate surface area is 118 Å². The van der Waals surface area contributed by atoms with E-state index in [1.807, 2.05) is 19.9 Å². The van der Waals surface area contributed by atoms with Crippen LogP contribution in [0.25, 0.3) is 0 Å². The van der Waals surface area contributed by atoms with Crippen LogP contribution in [0, 0.1) is 0 Å². The number of nitrogens with zero attached hydrogens (tertiary/aromatic N) is 1. The second-order valence-corrected chi connectivity index (χ2v) is 4.99. The Morgan fingerprint density at radius 3 is 2.24 bits per heavy atom. The number of ether oxygens (including phenoxy) is 2. The molecule has 0 atom stereocenters. The average molecular weight is 349 g/mol. The van der Waals surface area contributed by atoms with Crippen LogP contribution in [0.1, 0.15) is 19.4 Å². The van der Waals surface area contributed by atoms with Crippen LogP contribution in [0.4, 0.5) is 0 Å². The predicted octanol–water partition coefficient (Wildman–Crippen LogP) is 3.24. The van der Waals surface area contributed by atoms with Crippen molar-refractivity contribution >= 4 is 22.9 Å². The summed E-state index contributed by atoms with van der Waals surface area (Å²) in [4.78, 5) is 0. The van der Waals surface area contributed by atoms with Gasteiger partial charge in [0.2, 0.25) is 0 Å². The van der Waals surface area contributed by atoms with Gasteiger partial charge >= 0.3 is 0 Å². The molecule has 3 nitrogen and oxygen atoms in total. The van der Waals surface area contributed by atoms with Crippen molar-refractivity contribution in [3.8, 4) is 0 Å². The van der Waals surface area contributed by atoms with Crippen molar-refractivity contribution in [2.45, 2.75) is 26.7 Å². The van der Waals surface area contributed by atoms with E-state index in [1.165, 1.54) is 5.56 Å². The molecule has 0 radical (unpaired) electrons. The van der Waals surface area contributed by atoms with Gasteiger partial charge in [-0.3, -0.25) is 0 Å². The summed E-state index contributed by atoms with van der Waals surface area (Å²) < 4.78 is 13.2. The van der Waals surface area contributed by atoms with E-state index in [-0.39, 0.29) is 6.29 Å². The Morgan fingerprint density at radius 1 is 1.12 bits per heavy atom. The minimum absolute atomic E-state index is 0.134. The van der Waals surface area contributed by atoms with Gasteiger partial charge in [0.25, 0.3) is 0 Å². The summed E-state index contributed by atoms with van der Waals surface area (Å²) in [5.74, 6) is 0.